The molecule has 20 heavy (non-hydrogen) atoms. The quantitative estimate of drug-likeness (QED) is 0.849. The van der Waals surface area contributed by atoms with Crippen LogP contribution in [-0.4, -0.2) is 25.1 Å². The highest BCUT2D eigenvalue weighted by molar-refractivity contribution is 7.92. The summed E-state index contributed by atoms with van der Waals surface area (Å²) in [6.45, 7) is 2.16. The zero-order valence-electron chi connectivity index (χ0n) is 10.7. The lowest BCUT2D eigenvalue weighted by atomic mass is 10.4. The fourth-order valence-electron chi connectivity index (χ4n) is 1.47. The van der Waals surface area contributed by atoms with Crippen LogP contribution >= 0.6 is 11.3 Å². The maximum atomic E-state index is 12.1. The Morgan fingerprint density at radius 2 is 2.25 bits per heavy atom. The number of hydrogen-bond donors (Lipinski definition) is 2. The maximum Gasteiger partial charge on any atom is 0.262 e. The molecule has 0 amide bonds. The Kier molecular flexibility index (Phi) is 4.58. The van der Waals surface area contributed by atoms with E-state index in [-0.39, 0.29) is 11.5 Å². The molecule has 0 atom stereocenters. The van der Waals surface area contributed by atoms with Crippen LogP contribution in [0.1, 0.15) is 11.8 Å². The molecule has 2 aromatic rings. The number of aliphatic hydroxyl groups is 1. The Balaban J connectivity index is 2.15. The topological polar surface area (TPSA) is 88.5 Å². The van der Waals surface area contributed by atoms with Crippen molar-refractivity contribution < 1.29 is 18.3 Å². The van der Waals surface area contributed by atoms with Crippen LogP contribution in [0.15, 0.2) is 34.7 Å². The van der Waals surface area contributed by atoms with Crippen molar-refractivity contribution in [2.24, 2.45) is 0 Å². The average Bonchev–Trinajstić information content (AvgIpc) is 2.91. The van der Waals surface area contributed by atoms with Crippen LogP contribution in [0.25, 0.3) is 0 Å². The summed E-state index contributed by atoms with van der Waals surface area (Å²) in [6.07, 6.45) is 1.39. The molecule has 6 nitrogen and oxygen atoms in total. The number of aliphatic hydroxyl groups excluding tert-OH is 1. The first-order valence-electron chi connectivity index (χ1n) is 5.85. The first-order chi connectivity index (χ1) is 9.55. The molecule has 0 aliphatic carbocycles. The number of thiophene rings is 1. The summed E-state index contributed by atoms with van der Waals surface area (Å²) in [5.41, 5.74) is 0.352. The van der Waals surface area contributed by atoms with Gasteiger partial charge in [-0.05, 0) is 19.1 Å². The fraction of sp³-hybridized carbons (Fsp3) is 0.250. The van der Waals surface area contributed by atoms with Crippen molar-refractivity contribution in [1.29, 1.82) is 0 Å². The van der Waals surface area contributed by atoms with E-state index < -0.39 is 10.0 Å². The van der Waals surface area contributed by atoms with E-state index in [4.69, 9.17) is 9.84 Å². The van der Waals surface area contributed by atoms with E-state index in [1.807, 2.05) is 6.92 Å². The minimum atomic E-state index is -3.66. The molecule has 0 bridgehead atoms. The molecule has 2 aromatic heterocycles. The summed E-state index contributed by atoms with van der Waals surface area (Å²) in [6, 6.07) is 4.61. The van der Waals surface area contributed by atoms with E-state index in [1.165, 1.54) is 29.0 Å². The molecule has 0 aliphatic rings. The molecule has 0 saturated carbocycles. The fourth-order valence-corrected chi connectivity index (χ4v) is 3.65. The van der Waals surface area contributed by atoms with Gasteiger partial charge in [-0.2, -0.15) is 0 Å². The predicted octanol–water partition coefficient (Wildman–Crippen LogP) is 1.83. The Hall–Kier alpha value is -1.64. The van der Waals surface area contributed by atoms with Crippen LogP contribution in [0.5, 0.6) is 5.88 Å². The largest absolute Gasteiger partial charge is 0.478 e. The van der Waals surface area contributed by atoms with Gasteiger partial charge in [-0.25, -0.2) is 13.4 Å². The summed E-state index contributed by atoms with van der Waals surface area (Å²) >= 11 is 1.19. The van der Waals surface area contributed by atoms with E-state index in [0.29, 0.717) is 23.1 Å². The molecule has 2 N–H and O–H groups in total. The zero-order chi connectivity index (χ0) is 14.6. The van der Waals surface area contributed by atoms with E-state index in [1.54, 1.807) is 12.1 Å². The monoisotopic (exact) mass is 314 g/mol. The molecule has 2 rings (SSSR count). The summed E-state index contributed by atoms with van der Waals surface area (Å²) in [7, 11) is -3.66. The summed E-state index contributed by atoms with van der Waals surface area (Å²) in [5, 5.41) is 10.4. The number of nitrogens with zero attached hydrogens (tertiary/aromatic N) is 1. The third-order valence-corrected chi connectivity index (χ3v) is 4.81. The van der Waals surface area contributed by atoms with Gasteiger partial charge in [0.15, 0.2) is 0 Å². The second kappa shape index (κ2) is 6.21. The molecule has 0 saturated heterocycles. The number of ether oxygens (including phenoxy) is 1. The number of pyridine rings is 1. The minimum absolute atomic E-state index is 0.125. The number of nitrogens with one attached hydrogen (secondary N) is 1. The number of rotatable bonds is 6. The van der Waals surface area contributed by atoms with Crippen molar-refractivity contribution in [3.8, 4) is 5.88 Å². The van der Waals surface area contributed by atoms with Crippen molar-refractivity contribution in [2.45, 2.75) is 18.4 Å². The number of sulfonamides is 1. The molecular formula is C12H14N2O4S2. The average molecular weight is 314 g/mol. The van der Waals surface area contributed by atoms with Gasteiger partial charge in [-0.1, -0.05) is 0 Å². The maximum absolute atomic E-state index is 12.1. The second-order valence-corrected chi connectivity index (χ2v) is 6.51. The Labute approximate surface area is 121 Å². The minimum Gasteiger partial charge on any atom is -0.478 e. The Bertz CT molecular complexity index is 665. The van der Waals surface area contributed by atoms with Gasteiger partial charge in [0.2, 0.25) is 5.88 Å². The first-order valence-corrected chi connectivity index (χ1v) is 8.21. The van der Waals surface area contributed by atoms with Crippen LogP contribution in [0, 0.1) is 0 Å². The number of aromatic nitrogens is 1. The SMILES string of the molecule is CCOc1ccc(NS(=O)(=O)c2csc(CO)c2)cn1. The molecular weight excluding hydrogens is 300 g/mol. The lowest BCUT2D eigenvalue weighted by molar-refractivity contribution is 0.285. The molecule has 0 aromatic carbocycles. The zero-order valence-corrected chi connectivity index (χ0v) is 12.4. The van der Waals surface area contributed by atoms with Crippen molar-refractivity contribution in [1.82, 2.24) is 4.98 Å². The molecule has 0 fully saturated rings. The van der Waals surface area contributed by atoms with Gasteiger partial charge < -0.3 is 9.84 Å². The number of anilines is 1. The smallest absolute Gasteiger partial charge is 0.262 e. The van der Waals surface area contributed by atoms with Crippen molar-refractivity contribution in [2.75, 3.05) is 11.3 Å². The van der Waals surface area contributed by atoms with E-state index in [0.717, 1.165) is 0 Å². The van der Waals surface area contributed by atoms with Crippen LogP contribution in [-0.2, 0) is 16.6 Å². The van der Waals surface area contributed by atoms with Gasteiger partial charge in [0, 0.05) is 16.3 Å². The van der Waals surface area contributed by atoms with Crippen LogP contribution in [0.2, 0.25) is 0 Å². The van der Waals surface area contributed by atoms with Crippen LogP contribution in [0.4, 0.5) is 5.69 Å². The van der Waals surface area contributed by atoms with Crippen molar-refractivity contribution >= 4 is 27.0 Å². The second-order valence-electron chi connectivity index (χ2n) is 3.83. The van der Waals surface area contributed by atoms with Gasteiger partial charge in [0.05, 0.1) is 30.0 Å². The van der Waals surface area contributed by atoms with Gasteiger partial charge >= 0.3 is 0 Å². The van der Waals surface area contributed by atoms with Gasteiger partial charge in [0.25, 0.3) is 10.0 Å². The first kappa shape index (κ1) is 14.8. The molecule has 0 radical (unpaired) electrons. The van der Waals surface area contributed by atoms with Gasteiger partial charge in [0.1, 0.15) is 0 Å². The lowest BCUT2D eigenvalue weighted by Crippen LogP contribution is -2.12. The Morgan fingerprint density at radius 3 is 2.80 bits per heavy atom. The molecule has 108 valence electrons. The third kappa shape index (κ3) is 3.47. The summed E-state index contributed by atoms with van der Waals surface area (Å²) in [4.78, 5) is 4.70. The van der Waals surface area contributed by atoms with Gasteiger partial charge in [-0.3, -0.25) is 4.72 Å². The molecule has 0 unspecified atom stereocenters. The van der Waals surface area contributed by atoms with Gasteiger partial charge in [-0.15, -0.1) is 11.3 Å². The molecule has 0 aliphatic heterocycles. The highest BCUT2D eigenvalue weighted by Gasteiger charge is 2.16. The van der Waals surface area contributed by atoms with E-state index in [2.05, 4.69) is 9.71 Å². The number of hydrogen-bond acceptors (Lipinski definition) is 6. The summed E-state index contributed by atoms with van der Waals surface area (Å²) in [5.74, 6) is 0.438. The highest BCUT2D eigenvalue weighted by Crippen LogP contribution is 2.22. The van der Waals surface area contributed by atoms with Crippen LogP contribution < -0.4 is 9.46 Å². The molecule has 2 heterocycles. The molecule has 0 spiro atoms. The normalized spacial score (nSPS) is 11.3. The van der Waals surface area contributed by atoms with E-state index >= 15 is 0 Å². The van der Waals surface area contributed by atoms with Crippen molar-refractivity contribution in [3.05, 3.63) is 34.7 Å². The van der Waals surface area contributed by atoms with Crippen LogP contribution in [0.3, 0.4) is 0 Å². The summed E-state index contributed by atoms with van der Waals surface area (Å²) < 4.78 is 31.8. The highest BCUT2D eigenvalue weighted by atomic mass is 32.2. The van der Waals surface area contributed by atoms with E-state index in [9.17, 15) is 8.42 Å². The Morgan fingerprint density at radius 1 is 1.45 bits per heavy atom. The standard InChI is InChI=1S/C12H14N2O4S2/c1-2-18-12-4-3-9(6-13-12)14-20(16,17)11-5-10(7-15)19-8-11/h3-6,8,14-15H,2,7H2,1H3. The third-order valence-electron chi connectivity index (χ3n) is 2.38. The lowest BCUT2D eigenvalue weighted by Gasteiger charge is -2.07. The molecule has 8 heteroatoms. The van der Waals surface area contributed by atoms with Crippen molar-refractivity contribution in [3.63, 3.8) is 0 Å². The predicted molar refractivity (Wildman–Crippen MR) is 76.5 cm³/mol.